The van der Waals surface area contributed by atoms with Crippen LogP contribution in [-0.4, -0.2) is 32.6 Å². The third-order valence-electron chi connectivity index (χ3n) is 4.82. The molecule has 4 N–H and O–H groups in total. The van der Waals surface area contributed by atoms with Gasteiger partial charge in [-0.2, -0.15) is 4.98 Å². The van der Waals surface area contributed by atoms with Crippen molar-refractivity contribution in [2.75, 3.05) is 18.6 Å². The largest absolute Gasteiger partial charge is 0.465 e. The summed E-state index contributed by atoms with van der Waals surface area (Å²) < 4.78 is 7.83. The summed E-state index contributed by atoms with van der Waals surface area (Å²) in [6, 6.07) is 11.3. The monoisotopic (exact) mass is 404 g/mol. The Morgan fingerprint density at radius 3 is 2.76 bits per heavy atom. The molecule has 9 heteroatoms. The molecule has 0 amide bonds. The number of anilines is 2. The zero-order valence-electron chi connectivity index (χ0n) is 15.4. The molecule has 3 heterocycles. The highest BCUT2D eigenvalue weighted by Crippen LogP contribution is 2.31. The highest BCUT2D eigenvalue weighted by atomic mass is 32.1. The van der Waals surface area contributed by atoms with Crippen molar-refractivity contribution in [2.45, 2.75) is 6.54 Å². The first kappa shape index (κ1) is 17.4. The molecule has 0 unspecified atom stereocenters. The van der Waals surface area contributed by atoms with Gasteiger partial charge in [-0.3, -0.25) is 0 Å². The number of benzene rings is 2. The molecule has 2 aromatic carbocycles. The number of hydrogen-bond donors (Lipinski definition) is 2. The standard InChI is InChI=1S/C20H16N6O2S/c1-28-19(27)10-2-3-12-15(8-10)29-16(23-12)9-26-7-6-11-14(26)5-4-13-17(11)18(21)25-20(22)24-13/h2-8H,9H2,1H3,(H4,21,22,24,25). The Morgan fingerprint density at radius 2 is 1.93 bits per heavy atom. The Hall–Kier alpha value is -3.72. The minimum atomic E-state index is -0.356. The summed E-state index contributed by atoms with van der Waals surface area (Å²) in [5.74, 6) is 0.173. The van der Waals surface area contributed by atoms with Gasteiger partial charge < -0.3 is 20.8 Å². The molecule has 0 spiro atoms. The summed E-state index contributed by atoms with van der Waals surface area (Å²) in [5.41, 5.74) is 14.9. The van der Waals surface area contributed by atoms with E-state index in [2.05, 4.69) is 14.5 Å². The molecule has 144 valence electrons. The number of methoxy groups -OCH3 is 1. The summed E-state index contributed by atoms with van der Waals surface area (Å²) in [5, 5.41) is 2.69. The predicted molar refractivity (Wildman–Crippen MR) is 114 cm³/mol. The number of fused-ring (bicyclic) bond motifs is 4. The normalized spacial score (nSPS) is 11.5. The molecule has 0 aliphatic heterocycles. The molecule has 0 radical (unpaired) electrons. The highest BCUT2D eigenvalue weighted by Gasteiger charge is 2.13. The van der Waals surface area contributed by atoms with Crippen molar-refractivity contribution >= 4 is 61.1 Å². The number of esters is 1. The summed E-state index contributed by atoms with van der Waals surface area (Å²) in [6.07, 6.45) is 1.99. The van der Waals surface area contributed by atoms with Gasteiger partial charge in [0.25, 0.3) is 0 Å². The maximum Gasteiger partial charge on any atom is 0.337 e. The number of carbonyl (C=O) groups excluding carboxylic acids is 1. The Labute approximate surface area is 168 Å². The summed E-state index contributed by atoms with van der Waals surface area (Å²) in [6.45, 7) is 0.595. The average Bonchev–Trinajstić information content (AvgIpc) is 3.29. The van der Waals surface area contributed by atoms with Gasteiger partial charge in [0, 0.05) is 17.1 Å². The van der Waals surface area contributed by atoms with Gasteiger partial charge in [0.2, 0.25) is 5.95 Å². The van der Waals surface area contributed by atoms with Crippen LogP contribution in [0.2, 0.25) is 0 Å². The number of aromatic nitrogens is 4. The van der Waals surface area contributed by atoms with Crippen LogP contribution in [-0.2, 0) is 11.3 Å². The topological polar surface area (TPSA) is 122 Å². The molecule has 0 fully saturated rings. The van der Waals surface area contributed by atoms with E-state index in [4.69, 9.17) is 21.2 Å². The van der Waals surface area contributed by atoms with Crippen LogP contribution in [0.25, 0.3) is 32.0 Å². The lowest BCUT2D eigenvalue weighted by molar-refractivity contribution is 0.0601. The Kier molecular flexibility index (Phi) is 3.85. The van der Waals surface area contributed by atoms with E-state index in [1.165, 1.54) is 7.11 Å². The van der Waals surface area contributed by atoms with E-state index in [-0.39, 0.29) is 11.9 Å². The van der Waals surface area contributed by atoms with Gasteiger partial charge in [-0.15, -0.1) is 11.3 Å². The van der Waals surface area contributed by atoms with Crippen molar-refractivity contribution in [1.82, 2.24) is 19.5 Å². The minimum absolute atomic E-state index is 0.162. The van der Waals surface area contributed by atoms with Gasteiger partial charge in [0.05, 0.1) is 40.3 Å². The molecule has 3 aromatic heterocycles. The zero-order valence-corrected chi connectivity index (χ0v) is 16.2. The maximum absolute atomic E-state index is 11.8. The SMILES string of the molecule is COC(=O)c1ccc2nc(Cn3ccc4c5c(N)nc(N)nc5ccc43)sc2c1. The summed E-state index contributed by atoms with van der Waals surface area (Å²) in [7, 11) is 1.37. The molecule has 0 atom stereocenters. The number of carbonyl (C=O) groups is 1. The number of nitrogen functional groups attached to an aromatic ring is 2. The van der Waals surface area contributed by atoms with E-state index in [1.807, 2.05) is 36.5 Å². The van der Waals surface area contributed by atoms with Crippen molar-refractivity contribution in [3.05, 3.63) is 53.2 Å². The fraction of sp³-hybridized carbons (Fsp3) is 0.100. The van der Waals surface area contributed by atoms with Crippen LogP contribution in [0.4, 0.5) is 11.8 Å². The van der Waals surface area contributed by atoms with E-state index in [9.17, 15) is 4.79 Å². The number of thiazole rings is 1. The van der Waals surface area contributed by atoms with Crippen molar-refractivity contribution < 1.29 is 9.53 Å². The molecule has 0 aliphatic carbocycles. The van der Waals surface area contributed by atoms with Crippen molar-refractivity contribution in [3.8, 4) is 0 Å². The van der Waals surface area contributed by atoms with Gasteiger partial charge in [0.1, 0.15) is 10.8 Å². The van der Waals surface area contributed by atoms with Gasteiger partial charge in [0.15, 0.2) is 0 Å². The Balaban J connectivity index is 1.56. The molecule has 0 saturated heterocycles. The lowest BCUT2D eigenvalue weighted by Gasteiger charge is -2.06. The van der Waals surface area contributed by atoms with Crippen molar-refractivity contribution in [2.24, 2.45) is 0 Å². The number of nitrogens with two attached hydrogens (primary N) is 2. The molecule has 0 aliphatic rings. The van der Waals surface area contributed by atoms with Gasteiger partial charge >= 0.3 is 5.97 Å². The van der Waals surface area contributed by atoms with Crippen molar-refractivity contribution in [3.63, 3.8) is 0 Å². The molecule has 0 saturated carbocycles. The molecule has 5 rings (SSSR count). The van der Waals surface area contributed by atoms with Gasteiger partial charge in [-0.1, -0.05) is 0 Å². The third kappa shape index (κ3) is 2.83. The van der Waals surface area contributed by atoms with E-state index in [1.54, 1.807) is 17.4 Å². The summed E-state index contributed by atoms with van der Waals surface area (Å²) in [4.78, 5) is 24.8. The second kappa shape index (κ2) is 6.42. The Bertz CT molecular complexity index is 1420. The van der Waals surface area contributed by atoms with Crippen molar-refractivity contribution in [1.29, 1.82) is 0 Å². The van der Waals surface area contributed by atoms with Crippen LogP contribution >= 0.6 is 11.3 Å². The van der Waals surface area contributed by atoms with Crippen LogP contribution in [0.3, 0.4) is 0 Å². The lowest BCUT2D eigenvalue weighted by atomic mass is 10.1. The minimum Gasteiger partial charge on any atom is -0.465 e. The van der Waals surface area contributed by atoms with E-state index < -0.39 is 0 Å². The second-order valence-corrected chi connectivity index (χ2v) is 7.70. The molecular formula is C20H16N6O2S. The number of nitrogens with zero attached hydrogens (tertiary/aromatic N) is 4. The lowest BCUT2D eigenvalue weighted by Crippen LogP contribution is -2.01. The van der Waals surface area contributed by atoms with Crippen LogP contribution < -0.4 is 11.5 Å². The fourth-order valence-corrected chi connectivity index (χ4v) is 4.53. The molecule has 8 nitrogen and oxygen atoms in total. The average molecular weight is 404 g/mol. The molecule has 5 aromatic rings. The molecule has 0 bridgehead atoms. The first-order valence-electron chi connectivity index (χ1n) is 8.82. The van der Waals surface area contributed by atoms with E-state index >= 15 is 0 Å². The summed E-state index contributed by atoms with van der Waals surface area (Å²) >= 11 is 1.55. The predicted octanol–water partition coefficient (Wildman–Crippen LogP) is 3.19. The van der Waals surface area contributed by atoms with Crippen LogP contribution in [0, 0.1) is 0 Å². The highest BCUT2D eigenvalue weighted by molar-refractivity contribution is 7.18. The number of ether oxygens (including phenoxy) is 1. The maximum atomic E-state index is 11.8. The number of rotatable bonds is 3. The van der Waals surface area contributed by atoms with Crippen LogP contribution in [0.5, 0.6) is 0 Å². The smallest absolute Gasteiger partial charge is 0.337 e. The quantitative estimate of drug-likeness (QED) is 0.443. The number of hydrogen-bond acceptors (Lipinski definition) is 8. The van der Waals surface area contributed by atoms with Gasteiger partial charge in [-0.05, 0) is 36.4 Å². The van der Waals surface area contributed by atoms with Crippen LogP contribution in [0.15, 0.2) is 42.6 Å². The third-order valence-corrected chi connectivity index (χ3v) is 5.82. The first-order valence-corrected chi connectivity index (χ1v) is 9.63. The van der Waals surface area contributed by atoms with Crippen LogP contribution in [0.1, 0.15) is 15.4 Å². The first-order chi connectivity index (χ1) is 14.0. The molecule has 29 heavy (non-hydrogen) atoms. The van der Waals surface area contributed by atoms with Gasteiger partial charge in [-0.25, -0.2) is 14.8 Å². The van der Waals surface area contributed by atoms with E-state index in [0.717, 1.165) is 37.0 Å². The fourth-order valence-electron chi connectivity index (χ4n) is 3.52. The molecular weight excluding hydrogens is 388 g/mol. The van der Waals surface area contributed by atoms with E-state index in [0.29, 0.717) is 17.9 Å². The second-order valence-electron chi connectivity index (χ2n) is 6.58. The Morgan fingerprint density at radius 1 is 1.10 bits per heavy atom. The zero-order chi connectivity index (χ0) is 20.1.